The first-order valence-electron chi connectivity index (χ1n) is 7.83. The van der Waals surface area contributed by atoms with E-state index >= 15 is 0 Å². The van der Waals surface area contributed by atoms with Crippen molar-refractivity contribution < 1.29 is 4.74 Å². The highest BCUT2D eigenvalue weighted by molar-refractivity contribution is 6.30. The van der Waals surface area contributed by atoms with E-state index in [1.165, 1.54) is 5.56 Å². The molecule has 5 heteroatoms. The molecule has 0 amide bonds. The first-order chi connectivity index (χ1) is 11.3. The Morgan fingerprint density at radius 2 is 2.22 bits per heavy atom. The molecule has 2 aromatic carbocycles. The maximum atomic E-state index is 6.14. The smallest absolute Gasteiger partial charge is 0.120 e. The number of nitrogens with zero attached hydrogens (tertiary/aromatic N) is 2. The summed E-state index contributed by atoms with van der Waals surface area (Å²) in [6, 6.07) is 14.1. The van der Waals surface area contributed by atoms with Crippen molar-refractivity contribution in [2.45, 2.75) is 19.1 Å². The Balaban J connectivity index is 1.38. The van der Waals surface area contributed by atoms with Gasteiger partial charge in [-0.2, -0.15) is 5.10 Å². The molecule has 1 atom stereocenters. The molecular formula is C18H18ClN3O. The number of likely N-dealkylation sites (tertiary alicyclic amines) is 1. The topological polar surface area (TPSA) is 41.1 Å². The number of rotatable bonds is 4. The molecule has 4 nitrogen and oxygen atoms in total. The minimum atomic E-state index is 0.235. The van der Waals surface area contributed by atoms with Crippen LogP contribution in [-0.4, -0.2) is 34.3 Å². The number of benzene rings is 2. The lowest BCUT2D eigenvalue weighted by atomic mass is 10.2. The number of fused-ring (bicyclic) bond motifs is 1. The standard InChI is InChI=1S/C18H18ClN3O/c19-15-3-1-2-13(8-15)11-22-7-6-17(12-22)23-16-4-5-18-14(9-16)10-20-21-18/h1-5,8-10,17H,6-7,11-12H2,(H,20,21). The predicted molar refractivity (Wildman–Crippen MR) is 91.9 cm³/mol. The number of hydrogen-bond acceptors (Lipinski definition) is 3. The molecule has 0 spiro atoms. The summed E-state index contributed by atoms with van der Waals surface area (Å²) in [7, 11) is 0. The highest BCUT2D eigenvalue weighted by Gasteiger charge is 2.24. The number of ether oxygens (including phenoxy) is 1. The molecule has 1 unspecified atom stereocenters. The van der Waals surface area contributed by atoms with Crippen LogP contribution in [0.3, 0.4) is 0 Å². The van der Waals surface area contributed by atoms with Crippen molar-refractivity contribution in [3.8, 4) is 5.75 Å². The molecule has 4 rings (SSSR count). The van der Waals surface area contributed by atoms with Crippen molar-refractivity contribution >= 4 is 22.5 Å². The van der Waals surface area contributed by atoms with E-state index in [4.69, 9.17) is 16.3 Å². The van der Waals surface area contributed by atoms with Crippen molar-refractivity contribution in [1.82, 2.24) is 15.1 Å². The molecule has 23 heavy (non-hydrogen) atoms. The first kappa shape index (κ1) is 14.5. The van der Waals surface area contributed by atoms with Crippen LogP contribution in [0.25, 0.3) is 10.9 Å². The molecule has 1 aliphatic rings. The Morgan fingerprint density at radius 1 is 1.26 bits per heavy atom. The summed E-state index contributed by atoms with van der Waals surface area (Å²) in [5, 5.41) is 8.87. The molecule has 118 valence electrons. The van der Waals surface area contributed by atoms with Gasteiger partial charge in [-0.05, 0) is 42.3 Å². The largest absolute Gasteiger partial charge is 0.489 e. The van der Waals surface area contributed by atoms with Gasteiger partial charge in [0.05, 0.1) is 11.7 Å². The number of H-pyrrole nitrogens is 1. The second-order valence-electron chi connectivity index (χ2n) is 6.01. The summed E-state index contributed by atoms with van der Waals surface area (Å²) in [6.45, 7) is 2.91. The van der Waals surface area contributed by atoms with Gasteiger partial charge in [-0.1, -0.05) is 23.7 Å². The third-order valence-corrected chi connectivity index (χ3v) is 4.47. The lowest BCUT2D eigenvalue weighted by Gasteiger charge is -2.17. The summed E-state index contributed by atoms with van der Waals surface area (Å²) in [4.78, 5) is 2.41. The molecule has 0 bridgehead atoms. The van der Waals surface area contributed by atoms with E-state index in [0.29, 0.717) is 0 Å². The minimum Gasteiger partial charge on any atom is -0.489 e. The Kier molecular flexibility index (Phi) is 3.93. The molecule has 1 aromatic heterocycles. The van der Waals surface area contributed by atoms with E-state index in [-0.39, 0.29) is 6.10 Å². The van der Waals surface area contributed by atoms with Crippen molar-refractivity contribution in [1.29, 1.82) is 0 Å². The first-order valence-corrected chi connectivity index (χ1v) is 8.21. The molecule has 1 N–H and O–H groups in total. The van der Waals surface area contributed by atoms with Gasteiger partial charge in [0.2, 0.25) is 0 Å². The van der Waals surface area contributed by atoms with E-state index in [1.54, 1.807) is 0 Å². The van der Waals surface area contributed by atoms with Crippen LogP contribution in [0.2, 0.25) is 5.02 Å². The van der Waals surface area contributed by atoms with Crippen LogP contribution in [0.15, 0.2) is 48.7 Å². The van der Waals surface area contributed by atoms with Gasteiger partial charge in [-0.15, -0.1) is 0 Å². The summed E-state index contributed by atoms with van der Waals surface area (Å²) in [5.74, 6) is 0.911. The molecule has 0 aliphatic carbocycles. The van der Waals surface area contributed by atoms with E-state index in [9.17, 15) is 0 Å². The minimum absolute atomic E-state index is 0.235. The summed E-state index contributed by atoms with van der Waals surface area (Å²) in [5.41, 5.74) is 2.28. The maximum Gasteiger partial charge on any atom is 0.120 e. The SMILES string of the molecule is Clc1cccc(CN2CCC(Oc3ccc4[nH]ncc4c3)C2)c1. The molecule has 0 radical (unpaired) electrons. The second-order valence-corrected chi connectivity index (χ2v) is 6.45. The van der Waals surface area contributed by atoms with Crippen molar-refractivity contribution in [2.24, 2.45) is 0 Å². The Labute approximate surface area is 140 Å². The molecular weight excluding hydrogens is 310 g/mol. The van der Waals surface area contributed by atoms with Gasteiger partial charge in [-0.25, -0.2) is 0 Å². The maximum absolute atomic E-state index is 6.14. The third-order valence-electron chi connectivity index (χ3n) is 4.24. The van der Waals surface area contributed by atoms with Crippen LogP contribution in [0.4, 0.5) is 0 Å². The Bertz CT molecular complexity index is 817. The lowest BCUT2D eigenvalue weighted by molar-refractivity contribution is 0.198. The quantitative estimate of drug-likeness (QED) is 0.791. The fraction of sp³-hybridized carbons (Fsp3) is 0.278. The van der Waals surface area contributed by atoms with Gasteiger partial charge in [0.25, 0.3) is 0 Å². The van der Waals surface area contributed by atoms with E-state index in [1.807, 2.05) is 42.6 Å². The predicted octanol–water partition coefficient (Wildman–Crippen LogP) is 3.87. The van der Waals surface area contributed by atoms with Crippen LogP contribution in [0, 0.1) is 0 Å². The monoisotopic (exact) mass is 327 g/mol. The second kappa shape index (κ2) is 6.22. The van der Waals surface area contributed by atoms with Gasteiger partial charge < -0.3 is 4.74 Å². The van der Waals surface area contributed by atoms with Crippen LogP contribution >= 0.6 is 11.6 Å². The highest BCUT2D eigenvalue weighted by Crippen LogP contribution is 2.23. The third kappa shape index (κ3) is 3.33. The van der Waals surface area contributed by atoms with Crippen LogP contribution < -0.4 is 4.74 Å². The number of aromatic nitrogens is 2. The summed E-state index contributed by atoms with van der Waals surface area (Å²) < 4.78 is 6.14. The average Bonchev–Trinajstić information content (AvgIpc) is 3.16. The van der Waals surface area contributed by atoms with E-state index < -0.39 is 0 Å². The zero-order valence-corrected chi connectivity index (χ0v) is 13.5. The summed E-state index contributed by atoms with van der Waals surface area (Å²) >= 11 is 6.05. The summed E-state index contributed by atoms with van der Waals surface area (Å²) in [6.07, 6.45) is 3.10. The van der Waals surface area contributed by atoms with Gasteiger partial charge in [0.15, 0.2) is 0 Å². The molecule has 2 heterocycles. The molecule has 1 fully saturated rings. The van der Waals surface area contributed by atoms with Crippen LogP contribution in [-0.2, 0) is 6.54 Å². The van der Waals surface area contributed by atoms with Crippen molar-refractivity contribution in [3.05, 3.63) is 59.2 Å². The Morgan fingerprint density at radius 3 is 3.13 bits per heavy atom. The van der Waals surface area contributed by atoms with Crippen molar-refractivity contribution in [2.75, 3.05) is 13.1 Å². The van der Waals surface area contributed by atoms with Crippen LogP contribution in [0.5, 0.6) is 5.75 Å². The number of hydrogen-bond donors (Lipinski definition) is 1. The molecule has 3 aromatic rings. The zero-order chi connectivity index (χ0) is 15.6. The van der Waals surface area contributed by atoms with Crippen LogP contribution in [0.1, 0.15) is 12.0 Å². The normalized spacial score (nSPS) is 18.6. The number of aromatic amines is 1. The highest BCUT2D eigenvalue weighted by atomic mass is 35.5. The van der Waals surface area contributed by atoms with E-state index in [0.717, 1.165) is 47.7 Å². The average molecular weight is 328 g/mol. The fourth-order valence-electron chi connectivity index (χ4n) is 3.12. The molecule has 1 aliphatic heterocycles. The fourth-order valence-corrected chi connectivity index (χ4v) is 3.33. The van der Waals surface area contributed by atoms with Gasteiger partial charge in [0.1, 0.15) is 11.9 Å². The number of halogens is 1. The van der Waals surface area contributed by atoms with Gasteiger partial charge in [-0.3, -0.25) is 10.00 Å². The molecule has 1 saturated heterocycles. The number of nitrogens with one attached hydrogen (secondary N) is 1. The van der Waals surface area contributed by atoms with Gasteiger partial charge >= 0.3 is 0 Å². The van der Waals surface area contributed by atoms with Gasteiger partial charge in [0, 0.05) is 30.0 Å². The zero-order valence-electron chi connectivity index (χ0n) is 12.7. The van der Waals surface area contributed by atoms with E-state index in [2.05, 4.69) is 21.2 Å². The lowest BCUT2D eigenvalue weighted by Crippen LogP contribution is -2.24. The van der Waals surface area contributed by atoms with Crippen molar-refractivity contribution in [3.63, 3.8) is 0 Å². The Hall–Kier alpha value is -2.04. The molecule has 0 saturated carbocycles.